The summed E-state index contributed by atoms with van der Waals surface area (Å²) in [4.78, 5) is 4.06. The highest BCUT2D eigenvalue weighted by molar-refractivity contribution is 9.10. The first-order chi connectivity index (χ1) is 10.4. The smallest absolute Gasteiger partial charge is 0.151 e. The van der Waals surface area contributed by atoms with Crippen LogP contribution in [0.15, 0.2) is 46.0 Å². The van der Waals surface area contributed by atoms with Gasteiger partial charge in [0.1, 0.15) is 17.3 Å². The first-order valence-corrected chi connectivity index (χ1v) is 7.16. The predicted octanol–water partition coefficient (Wildman–Crippen LogP) is 3.65. The van der Waals surface area contributed by atoms with Crippen LogP contribution in [0.5, 0.6) is 0 Å². The summed E-state index contributed by atoms with van der Waals surface area (Å²) in [7, 11) is 1.75. The SMILES string of the molecule is Cn1cc2cc(N=C(N)c3ccc(Br)c(F)c3)c(F)cc2n1. The van der Waals surface area contributed by atoms with Gasteiger partial charge in [-0.15, -0.1) is 0 Å². The zero-order valence-electron chi connectivity index (χ0n) is 11.5. The van der Waals surface area contributed by atoms with E-state index in [0.717, 1.165) is 5.39 Å². The third-order valence-electron chi connectivity index (χ3n) is 3.14. The molecule has 7 heteroatoms. The van der Waals surface area contributed by atoms with E-state index in [2.05, 4.69) is 26.0 Å². The number of fused-ring (bicyclic) bond motifs is 1. The monoisotopic (exact) mass is 364 g/mol. The Kier molecular flexibility index (Phi) is 3.66. The number of aromatic nitrogens is 2. The van der Waals surface area contributed by atoms with E-state index < -0.39 is 11.6 Å². The Morgan fingerprint density at radius 1 is 1.23 bits per heavy atom. The number of aryl methyl sites for hydroxylation is 1. The molecule has 0 aliphatic heterocycles. The highest BCUT2D eigenvalue weighted by Gasteiger charge is 2.09. The molecular weight excluding hydrogens is 354 g/mol. The summed E-state index contributed by atoms with van der Waals surface area (Å²) < 4.78 is 29.5. The number of amidine groups is 1. The number of rotatable bonds is 2. The molecule has 0 atom stereocenters. The lowest BCUT2D eigenvalue weighted by molar-refractivity contribution is 0.621. The number of hydrogen-bond donors (Lipinski definition) is 1. The molecule has 0 amide bonds. The molecule has 0 bridgehead atoms. The van der Waals surface area contributed by atoms with Crippen LogP contribution in [0.1, 0.15) is 5.56 Å². The summed E-state index contributed by atoms with van der Waals surface area (Å²) in [6.45, 7) is 0. The lowest BCUT2D eigenvalue weighted by Crippen LogP contribution is -2.13. The largest absolute Gasteiger partial charge is 0.383 e. The topological polar surface area (TPSA) is 56.2 Å². The fourth-order valence-electron chi connectivity index (χ4n) is 2.09. The van der Waals surface area contributed by atoms with Crippen LogP contribution in [-0.2, 0) is 7.05 Å². The molecule has 3 rings (SSSR count). The summed E-state index contributed by atoms with van der Waals surface area (Å²) in [5, 5.41) is 4.86. The van der Waals surface area contributed by atoms with Gasteiger partial charge in [-0.2, -0.15) is 5.10 Å². The molecule has 0 radical (unpaired) electrons. The Morgan fingerprint density at radius 2 is 2.00 bits per heavy atom. The molecule has 2 N–H and O–H groups in total. The van der Waals surface area contributed by atoms with E-state index >= 15 is 0 Å². The zero-order chi connectivity index (χ0) is 15.9. The van der Waals surface area contributed by atoms with Crippen molar-refractivity contribution in [3.05, 3.63) is 58.2 Å². The highest BCUT2D eigenvalue weighted by Crippen LogP contribution is 2.25. The van der Waals surface area contributed by atoms with E-state index in [1.165, 1.54) is 18.2 Å². The van der Waals surface area contributed by atoms with Crippen LogP contribution in [0.25, 0.3) is 10.9 Å². The number of benzene rings is 2. The van der Waals surface area contributed by atoms with E-state index in [1.54, 1.807) is 30.1 Å². The lowest BCUT2D eigenvalue weighted by atomic mass is 10.2. The number of halogens is 3. The van der Waals surface area contributed by atoms with E-state index in [4.69, 9.17) is 5.73 Å². The van der Waals surface area contributed by atoms with Crippen LogP contribution < -0.4 is 5.73 Å². The van der Waals surface area contributed by atoms with Crippen LogP contribution in [0.2, 0.25) is 0 Å². The Hall–Kier alpha value is -2.28. The standard InChI is InChI=1S/C15H11BrF2N4/c1-22-7-9-5-14(12(18)6-13(9)21-22)20-15(19)8-2-3-10(16)11(17)4-8/h2-7H,1H3,(H2,19,20). The first kappa shape index (κ1) is 14.6. The van der Waals surface area contributed by atoms with Crippen LogP contribution in [0, 0.1) is 11.6 Å². The summed E-state index contributed by atoms with van der Waals surface area (Å²) in [6, 6.07) is 7.22. The molecule has 22 heavy (non-hydrogen) atoms. The van der Waals surface area contributed by atoms with E-state index in [-0.39, 0.29) is 11.5 Å². The second-order valence-corrected chi connectivity index (χ2v) is 5.65. The molecule has 112 valence electrons. The number of hydrogen-bond acceptors (Lipinski definition) is 2. The van der Waals surface area contributed by atoms with Gasteiger partial charge in [-0.1, -0.05) is 0 Å². The van der Waals surface area contributed by atoms with Crippen LogP contribution in [-0.4, -0.2) is 15.6 Å². The Balaban J connectivity index is 2.06. The molecular formula is C15H11BrF2N4. The van der Waals surface area contributed by atoms with Gasteiger partial charge in [0.05, 0.1) is 9.99 Å². The molecule has 0 fully saturated rings. The van der Waals surface area contributed by atoms with E-state index in [9.17, 15) is 8.78 Å². The second kappa shape index (κ2) is 5.49. The summed E-state index contributed by atoms with van der Waals surface area (Å²) in [6.07, 6.45) is 1.75. The van der Waals surface area contributed by atoms with Crippen LogP contribution in [0.4, 0.5) is 14.5 Å². The number of nitrogens with two attached hydrogens (primary N) is 1. The maximum Gasteiger partial charge on any atom is 0.151 e. The van der Waals surface area contributed by atoms with Gasteiger partial charge in [-0.3, -0.25) is 4.68 Å². The van der Waals surface area contributed by atoms with Crippen molar-refractivity contribution >= 4 is 38.4 Å². The van der Waals surface area contributed by atoms with Crippen molar-refractivity contribution in [2.75, 3.05) is 0 Å². The Labute approximate surface area is 133 Å². The minimum atomic E-state index is -0.535. The fourth-order valence-corrected chi connectivity index (χ4v) is 2.34. The molecule has 2 aromatic carbocycles. The van der Waals surface area contributed by atoms with Crippen LogP contribution in [0.3, 0.4) is 0 Å². The molecule has 1 aromatic heterocycles. The molecule has 3 aromatic rings. The van der Waals surface area contributed by atoms with Gasteiger partial charge < -0.3 is 5.73 Å². The van der Waals surface area contributed by atoms with Crippen molar-refractivity contribution in [3.63, 3.8) is 0 Å². The third-order valence-corrected chi connectivity index (χ3v) is 3.79. The van der Waals surface area contributed by atoms with Gasteiger partial charge in [-0.25, -0.2) is 13.8 Å². The maximum absolute atomic E-state index is 14.1. The molecule has 1 heterocycles. The lowest BCUT2D eigenvalue weighted by Gasteiger charge is -2.03. The molecule has 0 saturated carbocycles. The van der Waals surface area contributed by atoms with E-state index in [0.29, 0.717) is 15.6 Å². The van der Waals surface area contributed by atoms with E-state index in [1.807, 2.05) is 0 Å². The van der Waals surface area contributed by atoms with Crippen molar-refractivity contribution in [1.82, 2.24) is 9.78 Å². The molecule has 4 nitrogen and oxygen atoms in total. The van der Waals surface area contributed by atoms with Gasteiger partial charge in [0.15, 0.2) is 5.82 Å². The average Bonchev–Trinajstić information content (AvgIpc) is 2.81. The minimum Gasteiger partial charge on any atom is -0.383 e. The summed E-state index contributed by atoms with van der Waals surface area (Å²) in [5.74, 6) is -0.959. The highest BCUT2D eigenvalue weighted by atomic mass is 79.9. The second-order valence-electron chi connectivity index (χ2n) is 4.79. The normalized spacial score (nSPS) is 12.1. The van der Waals surface area contributed by atoms with Gasteiger partial charge in [0.25, 0.3) is 0 Å². The number of nitrogens with zero attached hydrogens (tertiary/aromatic N) is 3. The van der Waals surface area contributed by atoms with Crippen molar-refractivity contribution in [3.8, 4) is 0 Å². The summed E-state index contributed by atoms with van der Waals surface area (Å²) in [5.41, 5.74) is 6.84. The van der Waals surface area contributed by atoms with Gasteiger partial charge in [-0.05, 0) is 40.2 Å². The zero-order valence-corrected chi connectivity index (χ0v) is 13.1. The van der Waals surface area contributed by atoms with Gasteiger partial charge in [0.2, 0.25) is 0 Å². The van der Waals surface area contributed by atoms with Crippen molar-refractivity contribution in [2.24, 2.45) is 17.8 Å². The maximum atomic E-state index is 14.1. The van der Waals surface area contributed by atoms with Gasteiger partial charge in [0, 0.05) is 30.3 Å². The van der Waals surface area contributed by atoms with Crippen molar-refractivity contribution in [1.29, 1.82) is 0 Å². The molecule has 0 unspecified atom stereocenters. The molecule has 0 aliphatic rings. The fraction of sp³-hybridized carbons (Fsp3) is 0.0667. The Bertz CT molecular complexity index is 902. The minimum absolute atomic E-state index is 0.0357. The quantitative estimate of drug-likeness (QED) is 0.557. The molecule has 0 saturated heterocycles. The third kappa shape index (κ3) is 2.71. The Morgan fingerprint density at radius 3 is 2.73 bits per heavy atom. The van der Waals surface area contributed by atoms with Crippen LogP contribution >= 0.6 is 15.9 Å². The first-order valence-electron chi connectivity index (χ1n) is 6.36. The average molecular weight is 365 g/mol. The number of aliphatic imine (C=N–C) groups is 1. The van der Waals surface area contributed by atoms with Gasteiger partial charge >= 0.3 is 0 Å². The van der Waals surface area contributed by atoms with Crippen molar-refractivity contribution in [2.45, 2.75) is 0 Å². The molecule has 0 aliphatic carbocycles. The van der Waals surface area contributed by atoms with Crippen molar-refractivity contribution < 1.29 is 8.78 Å². The molecule has 0 spiro atoms. The summed E-state index contributed by atoms with van der Waals surface area (Å²) >= 11 is 3.06. The predicted molar refractivity (Wildman–Crippen MR) is 85.2 cm³/mol.